The average molecular weight is 401 g/mol. The van der Waals surface area contributed by atoms with Crippen LogP contribution in [-0.2, 0) is 23.9 Å². The van der Waals surface area contributed by atoms with E-state index in [1.54, 1.807) is 38.1 Å². The van der Waals surface area contributed by atoms with Crippen molar-refractivity contribution in [3.63, 3.8) is 0 Å². The Hall–Kier alpha value is -3.55. The standard InChI is InChI=1S/C21H23NO7/c1-3-26-20(24)19(21(25)27-4-2)22-18(23)14-28-15-10-12-17(13-11-15)29-16-8-6-5-7-9-16/h5-13,19H,3-4,14H2,1-2H3,(H,22,23). The third-order valence-corrected chi connectivity index (χ3v) is 3.52. The van der Waals surface area contributed by atoms with Crippen molar-refractivity contribution in [2.24, 2.45) is 0 Å². The molecule has 0 unspecified atom stereocenters. The molecule has 0 saturated heterocycles. The Bertz CT molecular complexity index is 788. The molecule has 0 saturated carbocycles. The molecular weight excluding hydrogens is 378 g/mol. The second-order valence-electron chi connectivity index (χ2n) is 5.68. The molecule has 29 heavy (non-hydrogen) atoms. The number of nitrogens with one attached hydrogen (secondary N) is 1. The quantitative estimate of drug-likeness (QED) is 0.482. The van der Waals surface area contributed by atoms with Crippen molar-refractivity contribution < 1.29 is 33.3 Å². The Morgan fingerprint density at radius 1 is 0.793 bits per heavy atom. The zero-order valence-corrected chi connectivity index (χ0v) is 16.3. The number of para-hydroxylation sites is 1. The highest BCUT2D eigenvalue weighted by Crippen LogP contribution is 2.23. The van der Waals surface area contributed by atoms with Crippen molar-refractivity contribution in [2.45, 2.75) is 19.9 Å². The highest BCUT2D eigenvalue weighted by molar-refractivity contribution is 6.02. The van der Waals surface area contributed by atoms with Crippen LogP contribution in [0, 0.1) is 0 Å². The van der Waals surface area contributed by atoms with Crippen LogP contribution in [0.1, 0.15) is 13.8 Å². The van der Waals surface area contributed by atoms with Crippen LogP contribution in [0.2, 0.25) is 0 Å². The highest BCUT2D eigenvalue weighted by atomic mass is 16.6. The van der Waals surface area contributed by atoms with Gasteiger partial charge in [-0.25, -0.2) is 9.59 Å². The lowest BCUT2D eigenvalue weighted by Gasteiger charge is -2.16. The van der Waals surface area contributed by atoms with Crippen molar-refractivity contribution in [1.29, 1.82) is 0 Å². The zero-order valence-electron chi connectivity index (χ0n) is 16.3. The SMILES string of the molecule is CCOC(=O)C(NC(=O)COc1ccc(Oc2ccccc2)cc1)C(=O)OCC. The van der Waals surface area contributed by atoms with E-state index >= 15 is 0 Å². The molecule has 1 N–H and O–H groups in total. The third-order valence-electron chi connectivity index (χ3n) is 3.52. The van der Waals surface area contributed by atoms with Gasteiger partial charge in [-0.3, -0.25) is 4.79 Å². The lowest BCUT2D eigenvalue weighted by molar-refractivity contribution is -0.159. The molecular formula is C21H23NO7. The number of amides is 1. The number of hydrogen-bond donors (Lipinski definition) is 1. The van der Waals surface area contributed by atoms with Crippen LogP contribution >= 0.6 is 0 Å². The first-order valence-electron chi connectivity index (χ1n) is 9.11. The van der Waals surface area contributed by atoms with E-state index < -0.39 is 30.5 Å². The van der Waals surface area contributed by atoms with Gasteiger partial charge in [0.15, 0.2) is 6.61 Å². The minimum Gasteiger partial charge on any atom is -0.484 e. The van der Waals surface area contributed by atoms with E-state index in [9.17, 15) is 14.4 Å². The van der Waals surface area contributed by atoms with Crippen LogP contribution in [0.3, 0.4) is 0 Å². The lowest BCUT2D eigenvalue weighted by atomic mass is 10.3. The molecule has 8 heteroatoms. The summed E-state index contributed by atoms with van der Waals surface area (Å²) in [5.74, 6) is -0.712. The molecule has 2 rings (SSSR count). The first-order chi connectivity index (χ1) is 14.0. The monoisotopic (exact) mass is 401 g/mol. The Balaban J connectivity index is 1.88. The number of benzene rings is 2. The van der Waals surface area contributed by atoms with E-state index in [0.717, 1.165) is 0 Å². The van der Waals surface area contributed by atoms with Crippen LogP contribution in [0.15, 0.2) is 54.6 Å². The van der Waals surface area contributed by atoms with Crippen LogP contribution in [0.25, 0.3) is 0 Å². The fourth-order valence-corrected chi connectivity index (χ4v) is 2.25. The van der Waals surface area contributed by atoms with Crippen LogP contribution in [-0.4, -0.2) is 43.7 Å². The van der Waals surface area contributed by atoms with E-state index in [1.807, 2.05) is 30.3 Å². The van der Waals surface area contributed by atoms with Gasteiger partial charge < -0.3 is 24.3 Å². The van der Waals surface area contributed by atoms with Gasteiger partial charge >= 0.3 is 11.9 Å². The predicted molar refractivity (Wildman–Crippen MR) is 104 cm³/mol. The van der Waals surface area contributed by atoms with Crippen molar-refractivity contribution in [3.8, 4) is 17.2 Å². The fourth-order valence-electron chi connectivity index (χ4n) is 2.25. The largest absolute Gasteiger partial charge is 0.484 e. The molecule has 1 amide bonds. The van der Waals surface area contributed by atoms with Gasteiger partial charge in [-0.05, 0) is 50.2 Å². The molecule has 2 aromatic carbocycles. The van der Waals surface area contributed by atoms with Gasteiger partial charge in [0.2, 0.25) is 6.04 Å². The average Bonchev–Trinajstić information content (AvgIpc) is 2.72. The van der Waals surface area contributed by atoms with Crippen LogP contribution in [0.5, 0.6) is 17.2 Å². The maximum Gasteiger partial charge on any atom is 0.340 e. The second-order valence-corrected chi connectivity index (χ2v) is 5.68. The third kappa shape index (κ3) is 7.17. The molecule has 0 radical (unpaired) electrons. The molecule has 0 atom stereocenters. The summed E-state index contributed by atoms with van der Waals surface area (Å²) in [5, 5.41) is 2.26. The molecule has 0 aliphatic heterocycles. The molecule has 0 spiro atoms. The first kappa shape index (κ1) is 21.7. The lowest BCUT2D eigenvalue weighted by Crippen LogP contribution is -2.49. The molecule has 154 valence electrons. The van der Waals surface area contributed by atoms with E-state index in [-0.39, 0.29) is 13.2 Å². The number of carbonyl (C=O) groups excluding carboxylic acids is 3. The van der Waals surface area contributed by atoms with Gasteiger partial charge in [0, 0.05) is 0 Å². The summed E-state index contributed by atoms with van der Waals surface area (Å²) in [6.45, 7) is 2.93. The van der Waals surface area contributed by atoms with E-state index in [2.05, 4.69) is 5.32 Å². The van der Waals surface area contributed by atoms with Crippen molar-refractivity contribution >= 4 is 17.8 Å². The summed E-state index contributed by atoms with van der Waals surface area (Å²) in [6, 6.07) is 14.4. The number of ether oxygens (including phenoxy) is 4. The summed E-state index contributed by atoms with van der Waals surface area (Å²) in [7, 11) is 0. The minimum absolute atomic E-state index is 0.0680. The summed E-state index contributed by atoms with van der Waals surface area (Å²) in [5.41, 5.74) is 0. The smallest absolute Gasteiger partial charge is 0.340 e. The summed E-state index contributed by atoms with van der Waals surface area (Å²) in [6.07, 6.45) is 0. The Kier molecular flexibility index (Phi) is 8.50. The van der Waals surface area contributed by atoms with E-state index in [0.29, 0.717) is 17.2 Å². The minimum atomic E-state index is -1.53. The first-order valence-corrected chi connectivity index (χ1v) is 9.11. The summed E-state index contributed by atoms with van der Waals surface area (Å²) in [4.78, 5) is 35.8. The van der Waals surface area contributed by atoms with Gasteiger partial charge in [-0.15, -0.1) is 0 Å². The summed E-state index contributed by atoms with van der Waals surface area (Å²) < 4.78 is 20.6. The van der Waals surface area contributed by atoms with Crippen molar-refractivity contribution in [3.05, 3.63) is 54.6 Å². The number of rotatable bonds is 10. The van der Waals surface area contributed by atoms with Crippen LogP contribution in [0.4, 0.5) is 0 Å². The Morgan fingerprint density at radius 3 is 1.86 bits per heavy atom. The number of carbonyl (C=O) groups is 3. The molecule has 8 nitrogen and oxygen atoms in total. The second kappa shape index (κ2) is 11.3. The predicted octanol–water partition coefficient (Wildman–Crippen LogP) is 2.47. The van der Waals surface area contributed by atoms with Gasteiger partial charge in [-0.2, -0.15) is 0 Å². The zero-order chi connectivity index (χ0) is 21.1. The van der Waals surface area contributed by atoms with Crippen molar-refractivity contribution in [1.82, 2.24) is 5.32 Å². The van der Waals surface area contributed by atoms with Crippen LogP contribution < -0.4 is 14.8 Å². The van der Waals surface area contributed by atoms with Crippen molar-refractivity contribution in [2.75, 3.05) is 19.8 Å². The Morgan fingerprint density at radius 2 is 1.31 bits per heavy atom. The molecule has 0 fully saturated rings. The van der Waals surface area contributed by atoms with Gasteiger partial charge in [0.1, 0.15) is 17.2 Å². The normalized spacial score (nSPS) is 10.2. The maximum atomic E-state index is 12.1. The molecule has 0 aliphatic carbocycles. The van der Waals surface area contributed by atoms with Gasteiger partial charge in [0.25, 0.3) is 5.91 Å². The number of hydrogen-bond acceptors (Lipinski definition) is 7. The van der Waals surface area contributed by atoms with Gasteiger partial charge in [-0.1, -0.05) is 18.2 Å². The molecule has 2 aromatic rings. The van der Waals surface area contributed by atoms with Gasteiger partial charge in [0.05, 0.1) is 13.2 Å². The Labute approximate surface area is 168 Å². The fraction of sp³-hybridized carbons (Fsp3) is 0.286. The molecule has 0 bridgehead atoms. The molecule has 0 heterocycles. The number of esters is 2. The highest BCUT2D eigenvalue weighted by Gasteiger charge is 2.31. The topological polar surface area (TPSA) is 100 Å². The van der Waals surface area contributed by atoms with E-state index in [4.69, 9.17) is 18.9 Å². The van der Waals surface area contributed by atoms with E-state index in [1.165, 1.54) is 0 Å². The summed E-state index contributed by atoms with van der Waals surface area (Å²) >= 11 is 0. The maximum absolute atomic E-state index is 12.1. The molecule has 0 aromatic heterocycles. The molecule has 0 aliphatic rings.